The molecule has 0 aliphatic rings. The summed E-state index contributed by atoms with van der Waals surface area (Å²) >= 11 is 1.88. The van der Waals surface area contributed by atoms with E-state index in [0.29, 0.717) is 0 Å². The first-order valence-electron chi connectivity index (χ1n) is 19.4. The maximum atomic E-state index is 2.41. The maximum Gasteiger partial charge on any atom is 0.0541 e. The number of benzene rings is 9. The van der Waals surface area contributed by atoms with Crippen LogP contribution in [0, 0.1) is 0 Å². The molecule has 0 radical (unpaired) electrons. The molecule has 3 heteroatoms. The van der Waals surface area contributed by atoms with E-state index >= 15 is 0 Å². The molecule has 0 bridgehead atoms. The van der Waals surface area contributed by atoms with Crippen LogP contribution < -0.4 is 4.90 Å². The zero-order chi connectivity index (χ0) is 37.7. The summed E-state index contributed by atoms with van der Waals surface area (Å²) in [6, 6.07) is 79.4. The Hall–Kier alpha value is -7.20. The van der Waals surface area contributed by atoms with Crippen molar-refractivity contribution in [3.05, 3.63) is 218 Å². The van der Waals surface area contributed by atoms with Crippen molar-refractivity contribution in [3.63, 3.8) is 0 Å². The number of hydrogen-bond acceptors (Lipinski definition) is 2. The zero-order valence-corrected chi connectivity index (χ0v) is 31.9. The Kier molecular flexibility index (Phi) is 8.04. The lowest BCUT2D eigenvalue weighted by molar-refractivity contribution is 1.18. The summed E-state index contributed by atoms with van der Waals surface area (Å²) in [5.74, 6) is 0. The van der Waals surface area contributed by atoms with Crippen LogP contribution in [0.3, 0.4) is 0 Å². The first kappa shape index (κ1) is 33.2. The Bertz CT molecular complexity index is 3190. The van der Waals surface area contributed by atoms with Crippen molar-refractivity contribution in [1.29, 1.82) is 0 Å². The average Bonchev–Trinajstić information content (AvgIpc) is 3.83. The van der Waals surface area contributed by atoms with Crippen LogP contribution in [0.2, 0.25) is 0 Å². The molecule has 0 N–H and O–H groups in total. The van der Waals surface area contributed by atoms with Crippen LogP contribution in [0.1, 0.15) is 0 Å². The van der Waals surface area contributed by atoms with Gasteiger partial charge >= 0.3 is 0 Å². The molecule has 11 aromatic rings. The van der Waals surface area contributed by atoms with E-state index in [1.807, 2.05) is 11.3 Å². The Balaban J connectivity index is 1.11. The minimum atomic E-state index is 1.10. The molecule has 0 fully saturated rings. The molecule has 2 heterocycles. The maximum absolute atomic E-state index is 2.41. The third-order valence-electron chi connectivity index (χ3n) is 11.1. The second-order valence-electron chi connectivity index (χ2n) is 14.6. The molecule has 0 spiro atoms. The zero-order valence-electron chi connectivity index (χ0n) is 31.1. The average molecular weight is 745 g/mol. The minimum Gasteiger partial charge on any atom is -0.310 e. The fourth-order valence-electron chi connectivity index (χ4n) is 8.53. The number of fused-ring (bicyclic) bond motifs is 6. The second kappa shape index (κ2) is 13.8. The summed E-state index contributed by atoms with van der Waals surface area (Å²) in [6.07, 6.45) is 0. The standard InChI is InChI=1S/C54H36N2S/c1-3-16-37(17-4-1)38-18-13-19-39(32-38)40-20-14-24-43(33-40)55(42-22-5-2-6-23-42)45-35-49(54-50(36-45)48-28-9-12-31-53(48)57-54)41-21-15-25-44(34-41)56-51-29-10-7-26-46(51)47-27-8-11-30-52(47)56/h1-36H. The van der Waals surface area contributed by atoms with Gasteiger partial charge in [-0.2, -0.15) is 0 Å². The van der Waals surface area contributed by atoms with Gasteiger partial charge in [-0.3, -0.25) is 0 Å². The highest BCUT2D eigenvalue weighted by atomic mass is 32.1. The minimum absolute atomic E-state index is 1.10. The SMILES string of the molecule is c1ccc(-c2cccc(-c3cccc(N(c4ccccc4)c4cc(-c5cccc(-n6c7ccccc7c7ccccc76)c5)c5sc6ccccc6c5c4)c3)c2)cc1. The lowest BCUT2D eigenvalue weighted by Crippen LogP contribution is -2.10. The molecule has 2 nitrogen and oxygen atoms in total. The lowest BCUT2D eigenvalue weighted by Gasteiger charge is -2.27. The molecule has 2 aromatic heterocycles. The third-order valence-corrected chi connectivity index (χ3v) is 12.4. The first-order valence-corrected chi connectivity index (χ1v) is 20.2. The highest BCUT2D eigenvalue weighted by Gasteiger charge is 2.20. The van der Waals surface area contributed by atoms with Crippen molar-refractivity contribution in [2.75, 3.05) is 4.90 Å². The molecule has 0 saturated heterocycles. The first-order chi connectivity index (χ1) is 28.3. The predicted octanol–water partition coefficient (Wildman–Crippen LogP) is 15.6. The van der Waals surface area contributed by atoms with Crippen LogP contribution in [0.15, 0.2) is 218 Å². The second-order valence-corrected chi connectivity index (χ2v) is 15.6. The number of nitrogens with zero attached hydrogens (tertiary/aromatic N) is 2. The number of aromatic nitrogens is 1. The largest absolute Gasteiger partial charge is 0.310 e. The highest BCUT2D eigenvalue weighted by Crippen LogP contribution is 2.46. The summed E-state index contributed by atoms with van der Waals surface area (Å²) in [4.78, 5) is 2.41. The molecule has 0 aliphatic heterocycles. The van der Waals surface area contributed by atoms with E-state index in [0.717, 1.165) is 22.7 Å². The molecule has 11 rings (SSSR count). The number of para-hydroxylation sites is 3. The predicted molar refractivity (Wildman–Crippen MR) is 245 cm³/mol. The lowest BCUT2D eigenvalue weighted by atomic mass is 9.98. The van der Waals surface area contributed by atoms with Crippen molar-refractivity contribution in [2.24, 2.45) is 0 Å². The van der Waals surface area contributed by atoms with Gasteiger partial charge in [0.2, 0.25) is 0 Å². The van der Waals surface area contributed by atoms with Crippen LogP contribution in [0.5, 0.6) is 0 Å². The van der Waals surface area contributed by atoms with Gasteiger partial charge < -0.3 is 9.47 Å². The van der Waals surface area contributed by atoms with Gasteiger partial charge in [-0.15, -0.1) is 11.3 Å². The molecule has 0 atom stereocenters. The normalized spacial score (nSPS) is 11.5. The van der Waals surface area contributed by atoms with Gasteiger partial charge in [0, 0.05) is 59.3 Å². The Morgan fingerprint density at radius 1 is 0.333 bits per heavy atom. The summed E-state index contributed by atoms with van der Waals surface area (Å²) < 4.78 is 4.99. The molecule has 0 unspecified atom stereocenters. The molecule has 9 aromatic carbocycles. The van der Waals surface area contributed by atoms with Crippen LogP contribution in [0.4, 0.5) is 17.1 Å². The van der Waals surface area contributed by atoms with Gasteiger partial charge in [0.15, 0.2) is 0 Å². The van der Waals surface area contributed by atoms with E-state index in [2.05, 4.69) is 228 Å². The molecular formula is C54H36N2S. The quantitative estimate of drug-likeness (QED) is 0.158. The summed E-state index contributed by atoms with van der Waals surface area (Å²) in [5, 5.41) is 5.07. The van der Waals surface area contributed by atoms with Crippen LogP contribution in [-0.2, 0) is 0 Å². The summed E-state index contributed by atoms with van der Waals surface area (Å²) in [6.45, 7) is 0. The molecule has 0 saturated carbocycles. The van der Waals surface area contributed by atoms with Gasteiger partial charge in [0.1, 0.15) is 0 Å². The highest BCUT2D eigenvalue weighted by molar-refractivity contribution is 7.26. The van der Waals surface area contributed by atoms with Crippen molar-refractivity contribution in [1.82, 2.24) is 4.57 Å². The van der Waals surface area contributed by atoms with Gasteiger partial charge in [-0.25, -0.2) is 0 Å². The number of rotatable bonds is 7. The summed E-state index contributed by atoms with van der Waals surface area (Å²) in [5.41, 5.74) is 14.1. The Labute approximate surface area is 335 Å². The molecule has 268 valence electrons. The van der Waals surface area contributed by atoms with Crippen molar-refractivity contribution in [3.8, 4) is 39.1 Å². The fourth-order valence-corrected chi connectivity index (χ4v) is 9.75. The van der Waals surface area contributed by atoms with E-state index in [9.17, 15) is 0 Å². The van der Waals surface area contributed by atoms with Crippen molar-refractivity contribution >= 4 is 70.4 Å². The number of hydrogen-bond donors (Lipinski definition) is 0. The van der Waals surface area contributed by atoms with Gasteiger partial charge in [-0.1, -0.05) is 146 Å². The van der Waals surface area contributed by atoms with E-state index in [4.69, 9.17) is 0 Å². The van der Waals surface area contributed by atoms with Crippen molar-refractivity contribution in [2.45, 2.75) is 0 Å². The van der Waals surface area contributed by atoms with E-state index in [1.54, 1.807) is 0 Å². The van der Waals surface area contributed by atoms with E-state index in [-0.39, 0.29) is 0 Å². The van der Waals surface area contributed by atoms with Gasteiger partial charge in [0.05, 0.1) is 11.0 Å². The van der Waals surface area contributed by atoms with Crippen LogP contribution in [0.25, 0.3) is 81.0 Å². The molecule has 57 heavy (non-hydrogen) atoms. The Morgan fingerprint density at radius 3 is 1.63 bits per heavy atom. The van der Waals surface area contributed by atoms with Crippen LogP contribution >= 0.6 is 11.3 Å². The topological polar surface area (TPSA) is 8.17 Å². The monoisotopic (exact) mass is 744 g/mol. The summed E-state index contributed by atoms with van der Waals surface area (Å²) in [7, 11) is 0. The number of thiophene rings is 1. The van der Waals surface area contributed by atoms with Crippen LogP contribution in [-0.4, -0.2) is 4.57 Å². The fraction of sp³-hybridized carbons (Fsp3) is 0. The van der Waals surface area contributed by atoms with Gasteiger partial charge in [0.25, 0.3) is 0 Å². The Morgan fingerprint density at radius 2 is 0.877 bits per heavy atom. The molecule has 0 amide bonds. The smallest absolute Gasteiger partial charge is 0.0541 e. The molecular weight excluding hydrogens is 709 g/mol. The van der Waals surface area contributed by atoms with E-state index < -0.39 is 0 Å². The van der Waals surface area contributed by atoms with Crippen molar-refractivity contribution < 1.29 is 0 Å². The van der Waals surface area contributed by atoms with Gasteiger partial charge in [-0.05, 0) is 101 Å². The third kappa shape index (κ3) is 5.80. The van der Waals surface area contributed by atoms with E-state index in [1.165, 1.54) is 75.4 Å². The molecule has 0 aliphatic carbocycles. The number of anilines is 3.